The van der Waals surface area contributed by atoms with Crippen LogP contribution in [0.5, 0.6) is 0 Å². The summed E-state index contributed by atoms with van der Waals surface area (Å²) in [5.74, 6) is 0.714. The van der Waals surface area contributed by atoms with Gasteiger partial charge in [-0.1, -0.05) is 37.6 Å². The molecule has 1 aromatic carbocycles. The molecule has 0 saturated heterocycles. The van der Waals surface area contributed by atoms with Crippen molar-refractivity contribution in [2.75, 3.05) is 11.9 Å². The molecular weight excluding hydrogens is 350 g/mol. The fourth-order valence-electron chi connectivity index (χ4n) is 2.78. The van der Waals surface area contributed by atoms with Gasteiger partial charge in [0.25, 0.3) is 0 Å². The Kier molecular flexibility index (Phi) is 5.44. The Morgan fingerprint density at radius 1 is 1.19 bits per heavy atom. The van der Waals surface area contributed by atoms with Gasteiger partial charge in [0, 0.05) is 16.6 Å². The number of hydrogen-bond donors (Lipinski definition) is 2. The van der Waals surface area contributed by atoms with E-state index in [1.807, 2.05) is 42.7 Å². The first kappa shape index (κ1) is 18.6. The Hall–Kier alpha value is -2.18. The largest absolute Gasteiger partial charge is 0.394 e. The zero-order valence-electron chi connectivity index (χ0n) is 15.4. The molecule has 1 atom stereocenters. The van der Waals surface area contributed by atoms with Gasteiger partial charge in [0.1, 0.15) is 11.2 Å². The number of nitrogens with zero attached hydrogens (tertiary/aromatic N) is 4. The van der Waals surface area contributed by atoms with E-state index in [2.05, 4.69) is 34.1 Å². The average Bonchev–Trinajstić information content (AvgIpc) is 3.02. The van der Waals surface area contributed by atoms with Crippen molar-refractivity contribution in [3.05, 3.63) is 35.6 Å². The lowest BCUT2D eigenvalue weighted by atomic mass is 10.1. The lowest BCUT2D eigenvalue weighted by Crippen LogP contribution is -2.30. The minimum atomic E-state index is -0.130. The molecule has 26 heavy (non-hydrogen) atoms. The minimum Gasteiger partial charge on any atom is -0.394 e. The van der Waals surface area contributed by atoms with Gasteiger partial charge in [-0.2, -0.15) is 4.98 Å². The normalized spacial score (nSPS) is 12.9. The van der Waals surface area contributed by atoms with Gasteiger partial charge in [0.2, 0.25) is 5.95 Å². The molecule has 0 unspecified atom stereocenters. The number of rotatable bonds is 6. The van der Waals surface area contributed by atoms with Gasteiger partial charge in [0.15, 0.2) is 5.65 Å². The first-order valence-corrected chi connectivity index (χ1v) is 9.16. The van der Waals surface area contributed by atoms with E-state index < -0.39 is 0 Å². The molecule has 7 heteroatoms. The molecule has 0 spiro atoms. The van der Waals surface area contributed by atoms with Gasteiger partial charge in [-0.25, -0.2) is 9.97 Å². The molecule has 2 heterocycles. The van der Waals surface area contributed by atoms with E-state index in [0.717, 1.165) is 22.4 Å². The van der Waals surface area contributed by atoms with Gasteiger partial charge in [-0.3, -0.25) is 0 Å². The van der Waals surface area contributed by atoms with Crippen molar-refractivity contribution in [2.45, 2.75) is 39.8 Å². The quantitative estimate of drug-likeness (QED) is 0.678. The lowest BCUT2D eigenvalue weighted by Gasteiger charge is -2.20. The van der Waals surface area contributed by atoms with Crippen LogP contribution in [0.4, 0.5) is 5.95 Å². The second-order valence-electron chi connectivity index (χ2n) is 7.00. The second-order valence-corrected chi connectivity index (χ2v) is 7.44. The maximum Gasteiger partial charge on any atom is 0.225 e. The highest BCUT2D eigenvalue weighted by molar-refractivity contribution is 6.30. The number of hydrogen-bond acceptors (Lipinski definition) is 5. The lowest BCUT2D eigenvalue weighted by molar-refractivity contribution is 0.248. The number of halogens is 1. The number of aliphatic hydroxyl groups is 1. The number of aromatic nitrogens is 4. The number of benzene rings is 1. The summed E-state index contributed by atoms with van der Waals surface area (Å²) in [6.45, 7) is 8.26. The van der Waals surface area contributed by atoms with Crippen molar-refractivity contribution in [1.82, 2.24) is 19.5 Å². The van der Waals surface area contributed by atoms with Crippen molar-refractivity contribution < 1.29 is 5.11 Å². The molecule has 0 fully saturated rings. The van der Waals surface area contributed by atoms with Crippen molar-refractivity contribution >= 4 is 28.7 Å². The Morgan fingerprint density at radius 2 is 1.96 bits per heavy atom. The van der Waals surface area contributed by atoms with Gasteiger partial charge in [-0.15, -0.1) is 0 Å². The molecule has 0 bridgehead atoms. The molecule has 6 nitrogen and oxygen atoms in total. The van der Waals surface area contributed by atoms with Crippen LogP contribution in [0, 0.1) is 5.92 Å². The SMILES string of the molecule is CC(C)[C@@H](CO)Nc1nc(-c2cccc(Cl)c2)c2ncn(C(C)C)c2n1. The summed E-state index contributed by atoms with van der Waals surface area (Å²) >= 11 is 6.17. The summed E-state index contributed by atoms with van der Waals surface area (Å²) in [6, 6.07) is 7.63. The zero-order chi connectivity index (χ0) is 18.8. The summed E-state index contributed by atoms with van der Waals surface area (Å²) in [5, 5.41) is 13.5. The molecule has 2 N–H and O–H groups in total. The van der Waals surface area contributed by atoms with Crippen LogP contribution in [0.25, 0.3) is 22.4 Å². The summed E-state index contributed by atoms with van der Waals surface area (Å²) in [7, 11) is 0. The van der Waals surface area contributed by atoms with Gasteiger partial charge in [0.05, 0.1) is 19.0 Å². The smallest absolute Gasteiger partial charge is 0.225 e. The zero-order valence-corrected chi connectivity index (χ0v) is 16.2. The summed E-state index contributed by atoms with van der Waals surface area (Å²) in [6.07, 6.45) is 1.79. The Labute approximate surface area is 158 Å². The highest BCUT2D eigenvalue weighted by Gasteiger charge is 2.19. The van der Waals surface area contributed by atoms with E-state index in [0.29, 0.717) is 11.0 Å². The van der Waals surface area contributed by atoms with E-state index in [1.165, 1.54) is 0 Å². The predicted octanol–water partition coefficient (Wildman–Crippen LogP) is 4.16. The summed E-state index contributed by atoms with van der Waals surface area (Å²) < 4.78 is 2.01. The first-order valence-electron chi connectivity index (χ1n) is 8.78. The molecule has 138 valence electrons. The predicted molar refractivity (Wildman–Crippen MR) is 105 cm³/mol. The Bertz CT molecular complexity index is 906. The standard InChI is InChI=1S/C19H24ClN5O/c1-11(2)15(9-26)22-19-23-16(13-6-5-7-14(20)8-13)17-18(24-19)25(10-21-17)12(3)4/h5-8,10-12,15,26H,9H2,1-4H3,(H,22,23,24)/t15-/m1/s1. The third kappa shape index (κ3) is 3.66. The molecule has 0 aliphatic carbocycles. The van der Waals surface area contributed by atoms with Crippen LogP contribution >= 0.6 is 11.6 Å². The monoisotopic (exact) mass is 373 g/mol. The maximum absolute atomic E-state index is 9.64. The molecule has 0 saturated carbocycles. The maximum atomic E-state index is 9.64. The summed E-state index contributed by atoms with van der Waals surface area (Å²) in [4.78, 5) is 13.9. The number of imidazole rings is 1. The third-order valence-electron chi connectivity index (χ3n) is 4.39. The molecular formula is C19H24ClN5O. The van der Waals surface area contributed by atoms with Crippen LogP contribution in [-0.4, -0.2) is 37.3 Å². The topological polar surface area (TPSA) is 75.9 Å². The Morgan fingerprint density at radius 3 is 2.58 bits per heavy atom. The Balaban J connectivity index is 2.18. The van der Waals surface area contributed by atoms with Crippen molar-refractivity contribution in [3.63, 3.8) is 0 Å². The van der Waals surface area contributed by atoms with Crippen LogP contribution in [0.3, 0.4) is 0 Å². The third-order valence-corrected chi connectivity index (χ3v) is 4.63. The molecule has 3 aromatic rings. The highest BCUT2D eigenvalue weighted by atomic mass is 35.5. The number of nitrogens with one attached hydrogen (secondary N) is 1. The fraction of sp³-hybridized carbons (Fsp3) is 0.421. The van der Waals surface area contributed by atoms with E-state index in [9.17, 15) is 5.11 Å². The van der Waals surface area contributed by atoms with Gasteiger partial charge >= 0.3 is 0 Å². The van der Waals surface area contributed by atoms with Gasteiger partial charge in [-0.05, 0) is 31.9 Å². The van der Waals surface area contributed by atoms with Crippen LogP contribution in [0.1, 0.15) is 33.7 Å². The van der Waals surface area contributed by atoms with Crippen molar-refractivity contribution in [3.8, 4) is 11.3 Å². The van der Waals surface area contributed by atoms with Crippen LogP contribution in [0.2, 0.25) is 5.02 Å². The molecule has 3 rings (SSSR count). The van der Waals surface area contributed by atoms with Crippen LogP contribution in [0.15, 0.2) is 30.6 Å². The highest BCUT2D eigenvalue weighted by Crippen LogP contribution is 2.29. The van der Waals surface area contributed by atoms with Crippen molar-refractivity contribution in [2.24, 2.45) is 5.92 Å². The fourth-order valence-corrected chi connectivity index (χ4v) is 2.98. The van der Waals surface area contributed by atoms with Crippen LogP contribution < -0.4 is 5.32 Å². The molecule has 0 amide bonds. The molecule has 0 radical (unpaired) electrons. The van der Waals surface area contributed by atoms with Gasteiger partial charge < -0.3 is 15.0 Å². The minimum absolute atomic E-state index is 0.00893. The first-order chi connectivity index (χ1) is 12.4. The van der Waals surface area contributed by atoms with E-state index in [1.54, 1.807) is 6.33 Å². The number of aliphatic hydroxyl groups excluding tert-OH is 1. The van der Waals surface area contributed by atoms with E-state index >= 15 is 0 Å². The number of fused-ring (bicyclic) bond motifs is 1. The van der Waals surface area contributed by atoms with Crippen molar-refractivity contribution in [1.29, 1.82) is 0 Å². The molecule has 0 aliphatic rings. The van der Waals surface area contributed by atoms with E-state index in [4.69, 9.17) is 11.6 Å². The summed E-state index contributed by atoms with van der Waals surface area (Å²) in [5.41, 5.74) is 3.09. The average molecular weight is 374 g/mol. The second kappa shape index (κ2) is 7.60. The molecule has 0 aliphatic heterocycles. The van der Waals surface area contributed by atoms with E-state index in [-0.39, 0.29) is 24.6 Å². The van der Waals surface area contributed by atoms with Crippen LogP contribution in [-0.2, 0) is 0 Å². The number of anilines is 1. The molecule has 2 aromatic heterocycles.